The van der Waals surface area contributed by atoms with E-state index in [0.717, 1.165) is 26.7 Å². The number of hydrogen-bond acceptors (Lipinski definition) is 7. The van der Waals surface area contributed by atoms with Crippen LogP contribution in [0.15, 0.2) is 92.2 Å². The van der Waals surface area contributed by atoms with Gasteiger partial charge in [-0.15, -0.1) is 10.2 Å². The first-order valence-electron chi connectivity index (χ1n) is 10.9. The zero-order valence-corrected chi connectivity index (χ0v) is 19.6. The normalized spacial score (nSPS) is 13.2. The Kier molecular flexibility index (Phi) is 6.02. The molecule has 0 amide bonds. The summed E-state index contributed by atoms with van der Waals surface area (Å²) < 4.78 is 3.69. The summed E-state index contributed by atoms with van der Waals surface area (Å²) >= 11 is 5.31. The van der Waals surface area contributed by atoms with Gasteiger partial charge in [-0.25, -0.2) is 0 Å². The van der Waals surface area contributed by atoms with Crippen molar-refractivity contribution >= 4 is 24.1 Å². The zero-order valence-electron chi connectivity index (χ0n) is 18.8. The topological polar surface area (TPSA) is 112 Å². The molecule has 0 saturated heterocycles. The summed E-state index contributed by atoms with van der Waals surface area (Å²) in [5.74, 6) is 0.316. The molecule has 4 aromatic rings. The van der Waals surface area contributed by atoms with Gasteiger partial charge in [-0.2, -0.15) is 0 Å². The highest BCUT2D eigenvalue weighted by Gasteiger charge is 2.11. The molecule has 174 valence electrons. The smallest absolute Gasteiger partial charge is 0.262 e. The molecule has 0 saturated carbocycles. The molecule has 1 aliphatic heterocycles. The molecular weight excluding hydrogens is 462 g/mol. The molecule has 10 heteroatoms. The highest BCUT2D eigenvalue weighted by Crippen LogP contribution is 2.15. The van der Waals surface area contributed by atoms with Gasteiger partial charge in [-0.3, -0.25) is 14.3 Å². The Hall–Kier alpha value is -4.44. The second kappa shape index (κ2) is 9.43. The zero-order chi connectivity index (χ0) is 24.4. The van der Waals surface area contributed by atoms with Crippen LogP contribution in [0.3, 0.4) is 0 Å². The number of aromatic amines is 1. The van der Waals surface area contributed by atoms with Crippen LogP contribution < -0.4 is 16.1 Å². The van der Waals surface area contributed by atoms with Gasteiger partial charge in [0.2, 0.25) is 11.7 Å². The minimum Gasteiger partial charge on any atom is -0.494 e. The number of hydrogen-bond donors (Lipinski definition) is 2. The average Bonchev–Trinajstić information content (AvgIpc) is 3.53. The number of H-pyrrole nitrogens is 1. The molecule has 9 nitrogen and oxygen atoms in total. The summed E-state index contributed by atoms with van der Waals surface area (Å²) in [5, 5.41) is 29.2. The number of nitrogens with one attached hydrogen (secondary N) is 1. The maximum Gasteiger partial charge on any atom is 0.262 e. The van der Waals surface area contributed by atoms with E-state index >= 15 is 0 Å². The average molecular weight is 484 g/mol. The first-order valence-corrected chi connectivity index (χ1v) is 11.3. The van der Waals surface area contributed by atoms with Gasteiger partial charge in [-0.05, 0) is 58.1 Å². The molecule has 3 heterocycles. The van der Waals surface area contributed by atoms with E-state index < -0.39 is 5.56 Å². The van der Waals surface area contributed by atoms with Crippen LogP contribution in [0.25, 0.3) is 11.9 Å². The molecular formula is C25H21N7O2S. The highest BCUT2D eigenvalue weighted by atomic mass is 32.1. The minimum absolute atomic E-state index is 0.154. The van der Waals surface area contributed by atoms with Gasteiger partial charge < -0.3 is 9.67 Å². The molecule has 0 bridgehead atoms. The quantitative estimate of drug-likeness (QED) is 0.435. The summed E-state index contributed by atoms with van der Waals surface area (Å²) in [4.78, 5) is 15.4. The third-order valence-corrected chi connectivity index (χ3v) is 6.21. The molecule has 0 spiro atoms. The maximum absolute atomic E-state index is 12.7. The Morgan fingerprint density at radius 1 is 0.971 bits per heavy atom. The summed E-state index contributed by atoms with van der Waals surface area (Å²) in [6.45, 7) is 0.440. The standard InChI is InChI=1S/C25H21N7O2S/c1-31-19(11-12-21(31)17-7-9-18(10-8-17)22-27-29-30-28-22)15-20-23(33)26-25(35)32(24(20)34)14-13-16-5-3-2-4-6-16/h2-12,15,34H,13-14H2,1H3,(H,26,33,35)/b19-15+. The van der Waals surface area contributed by atoms with Crippen LogP contribution in [0.1, 0.15) is 11.1 Å². The summed E-state index contributed by atoms with van der Waals surface area (Å²) in [5.41, 5.74) is 0.830. The fraction of sp³-hybridized carbons (Fsp3) is 0.120. The predicted octanol–water partition coefficient (Wildman–Crippen LogP) is 3.21. The van der Waals surface area contributed by atoms with Gasteiger partial charge >= 0.3 is 0 Å². The van der Waals surface area contributed by atoms with Crippen molar-refractivity contribution in [2.75, 3.05) is 0 Å². The Morgan fingerprint density at radius 3 is 2.37 bits per heavy atom. The van der Waals surface area contributed by atoms with Gasteiger partial charge in [0.15, 0.2) is 4.77 Å². The monoisotopic (exact) mass is 483 g/mol. The lowest BCUT2D eigenvalue weighted by Gasteiger charge is -2.11. The first-order chi connectivity index (χ1) is 17.0. The van der Waals surface area contributed by atoms with Gasteiger partial charge in [0.05, 0.1) is 0 Å². The van der Waals surface area contributed by atoms with Crippen LogP contribution in [-0.2, 0) is 20.0 Å². The van der Waals surface area contributed by atoms with Crippen LogP contribution >= 0.6 is 12.2 Å². The molecule has 35 heavy (non-hydrogen) atoms. The fourth-order valence-corrected chi connectivity index (χ4v) is 4.23. The SMILES string of the molecule is Cn1c(=c2ccc(=C3N=NN=N3)cc2)cc/c1=C\c1c(O)n(CCc2ccccc2)c(=S)[nH]c1=O. The van der Waals surface area contributed by atoms with Gasteiger partial charge in [-0.1, -0.05) is 54.6 Å². The van der Waals surface area contributed by atoms with E-state index in [9.17, 15) is 9.90 Å². The van der Waals surface area contributed by atoms with E-state index in [0.29, 0.717) is 18.8 Å². The van der Waals surface area contributed by atoms with Crippen LogP contribution in [0.5, 0.6) is 5.88 Å². The molecule has 0 radical (unpaired) electrons. The van der Waals surface area contributed by atoms with E-state index in [4.69, 9.17) is 12.2 Å². The van der Waals surface area contributed by atoms with Gasteiger partial charge in [0.1, 0.15) is 5.56 Å². The van der Waals surface area contributed by atoms with Crippen LogP contribution in [0.2, 0.25) is 0 Å². The van der Waals surface area contributed by atoms with Crippen molar-refractivity contribution in [3.05, 3.63) is 114 Å². The van der Waals surface area contributed by atoms with E-state index in [1.807, 2.05) is 78.3 Å². The molecule has 0 atom stereocenters. The fourth-order valence-electron chi connectivity index (χ4n) is 3.96. The van der Waals surface area contributed by atoms with Crippen molar-refractivity contribution in [3.63, 3.8) is 0 Å². The van der Waals surface area contributed by atoms with Crippen molar-refractivity contribution in [1.82, 2.24) is 14.1 Å². The number of aromatic hydroxyl groups is 1. The number of aryl methyl sites for hydroxylation is 1. The van der Waals surface area contributed by atoms with E-state index in [2.05, 4.69) is 25.7 Å². The largest absolute Gasteiger partial charge is 0.494 e. The predicted molar refractivity (Wildman–Crippen MR) is 133 cm³/mol. The number of benzene rings is 2. The van der Waals surface area contributed by atoms with Crippen molar-refractivity contribution < 1.29 is 5.11 Å². The second-order valence-corrected chi connectivity index (χ2v) is 8.40. The third kappa shape index (κ3) is 4.51. The molecule has 0 aliphatic carbocycles. The summed E-state index contributed by atoms with van der Waals surface area (Å²) in [6, 6.07) is 21.5. The molecule has 2 aromatic carbocycles. The number of nitrogens with zero attached hydrogens (tertiary/aromatic N) is 6. The molecule has 5 rings (SSSR count). The molecule has 0 unspecified atom stereocenters. The second-order valence-electron chi connectivity index (χ2n) is 8.01. The van der Waals surface area contributed by atoms with Crippen molar-refractivity contribution in [2.24, 2.45) is 27.7 Å². The Labute approximate surface area is 204 Å². The van der Waals surface area contributed by atoms with Gasteiger partial charge in [0.25, 0.3) is 5.56 Å². The van der Waals surface area contributed by atoms with Crippen molar-refractivity contribution in [2.45, 2.75) is 13.0 Å². The van der Waals surface area contributed by atoms with Crippen LogP contribution in [-0.4, -0.2) is 19.2 Å². The lowest BCUT2D eigenvalue weighted by molar-refractivity contribution is 0.402. The summed E-state index contributed by atoms with van der Waals surface area (Å²) in [7, 11) is 1.90. The van der Waals surface area contributed by atoms with Crippen LogP contribution in [0, 0.1) is 15.3 Å². The molecule has 1 aliphatic rings. The first kappa shape index (κ1) is 22.4. The maximum atomic E-state index is 12.7. The number of aromatic nitrogens is 3. The lowest BCUT2D eigenvalue weighted by atomic mass is 10.1. The molecule has 2 N–H and O–H groups in total. The van der Waals surface area contributed by atoms with Crippen LogP contribution in [0.4, 0.5) is 0 Å². The Morgan fingerprint density at radius 2 is 1.66 bits per heavy atom. The van der Waals surface area contributed by atoms with Gasteiger partial charge in [0, 0.05) is 29.5 Å². The minimum atomic E-state index is -0.438. The van der Waals surface area contributed by atoms with E-state index in [-0.39, 0.29) is 16.2 Å². The molecule has 2 aromatic heterocycles. The van der Waals surface area contributed by atoms with E-state index in [1.165, 1.54) is 0 Å². The highest BCUT2D eigenvalue weighted by molar-refractivity contribution is 7.71. The van der Waals surface area contributed by atoms with Crippen molar-refractivity contribution in [1.29, 1.82) is 0 Å². The Bertz CT molecular complexity index is 1780. The summed E-state index contributed by atoms with van der Waals surface area (Å²) in [6.07, 6.45) is 2.33. The van der Waals surface area contributed by atoms with E-state index in [1.54, 1.807) is 10.6 Å². The Balaban J connectivity index is 1.57. The van der Waals surface area contributed by atoms with Crippen molar-refractivity contribution in [3.8, 4) is 5.88 Å². The molecule has 0 fully saturated rings. The third-order valence-electron chi connectivity index (χ3n) is 5.88. The lowest BCUT2D eigenvalue weighted by Crippen LogP contribution is -2.20. The number of rotatable bonds is 4.